The topological polar surface area (TPSA) is 56.0 Å². The van der Waals surface area contributed by atoms with Gasteiger partial charge in [-0.2, -0.15) is 11.8 Å². The molecule has 1 aromatic heterocycles. The first-order valence-corrected chi connectivity index (χ1v) is 6.53. The van der Waals surface area contributed by atoms with Crippen LogP contribution in [0.1, 0.15) is 0 Å². The lowest BCUT2D eigenvalue weighted by Crippen LogP contribution is -2.04. The van der Waals surface area contributed by atoms with E-state index in [1.807, 2.05) is 6.26 Å². The van der Waals surface area contributed by atoms with Gasteiger partial charge in [-0.05, 0) is 12.3 Å². The van der Waals surface area contributed by atoms with E-state index in [9.17, 15) is 4.21 Å². The van der Waals surface area contributed by atoms with Crippen LogP contribution in [0.4, 0.5) is 5.69 Å². The van der Waals surface area contributed by atoms with Crippen molar-refractivity contribution < 1.29 is 4.21 Å². The molecule has 0 saturated carbocycles. The van der Waals surface area contributed by atoms with Crippen molar-refractivity contribution in [1.82, 2.24) is 4.98 Å². The van der Waals surface area contributed by atoms with Gasteiger partial charge in [-0.3, -0.25) is 9.19 Å². The highest BCUT2D eigenvalue weighted by molar-refractivity contribution is 7.99. The smallest absolute Gasteiger partial charge is 0.0664 e. The van der Waals surface area contributed by atoms with Crippen LogP contribution in [0.25, 0.3) is 0 Å². The Morgan fingerprint density at radius 3 is 3.08 bits per heavy atom. The van der Waals surface area contributed by atoms with E-state index in [1.165, 1.54) is 6.20 Å². The number of rotatable bonds is 4. The number of anilines is 1. The van der Waals surface area contributed by atoms with Crippen molar-refractivity contribution >= 4 is 28.2 Å². The Morgan fingerprint density at radius 2 is 2.46 bits per heavy atom. The summed E-state index contributed by atoms with van der Waals surface area (Å²) in [4.78, 5) is 4.54. The van der Waals surface area contributed by atoms with Crippen molar-refractivity contribution in [2.75, 3.05) is 23.5 Å². The van der Waals surface area contributed by atoms with E-state index in [-0.39, 0.29) is 0 Å². The molecule has 72 valence electrons. The van der Waals surface area contributed by atoms with Crippen LogP contribution in [0, 0.1) is 0 Å². The van der Waals surface area contributed by atoms with E-state index >= 15 is 0 Å². The van der Waals surface area contributed by atoms with Crippen LogP contribution < -0.4 is 5.73 Å². The summed E-state index contributed by atoms with van der Waals surface area (Å²) in [7, 11) is -0.981. The van der Waals surface area contributed by atoms with Crippen LogP contribution in [0.2, 0.25) is 0 Å². The van der Waals surface area contributed by atoms with Crippen molar-refractivity contribution in [3.8, 4) is 0 Å². The van der Waals surface area contributed by atoms with Gasteiger partial charge in [-0.15, -0.1) is 0 Å². The molecule has 1 rings (SSSR count). The maximum Gasteiger partial charge on any atom is 0.0664 e. The number of aromatic nitrogens is 1. The number of thioether (sulfide) groups is 1. The molecule has 1 aromatic rings. The minimum atomic E-state index is -0.981. The van der Waals surface area contributed by atoms with Crippen LogP contribution in [-0.4, -0.2) is 27.0 Å². The van der Waals surface area contributed by atoms with Crippen LogP contribution in [0.3, 0.4) is 0 Å². The first-order chi connectivity index (χ1) is 6.25. The molecule has 0 aliphatic heterocycles. The number of hydrogen-bond donors (Lipinski definition) is 1. The number of pyridine rings is 1. The van der Waals surface area contributed by atoms with Gasteiger partial charge < -0.3 is 5.73 Å². The molecule has 1 heterocycles. The molecule has 0 saturated heterocycles. The molecule has 3 nitrogen and oxygen atoms in total. The van der Waals surface area contributed by atoms with Gasteiger partial charge in [0.15, 0.2) is 0 Å². The van der Waals surface area contributed by atoms with Gasteiger partial charge in [0, 0.05) is 17.7 Å². The summed E-state index contributed by atoms with van der Waals surface area (Å²) in [6.07, 6.45) is 5.14. The number of nitrogens with two attached hydrogens (primary N) is 1. The van der Waals surface area contributed by atoms with Gasteiger partial charge in [0.05, 0.1) is 27.6 Å². The fraction of sp³-hybridized carbons (Fsp3) is 0.375. The number of nitrogen functional groups attached to an aromatic ring is 1. The van der Waals surface area contributed by atoms with Gasteiger partial charge in [-0.1, -0.05) is 0 Å². The molecule has 0 aliphatic rings. The van der Waals surface area contributed by atoms with Crippen LogP contribution in [-0.2, 0) is 10.8 Å². The van der Waals surface area contributed by atoms with Crippen molar-refractivity contribution in [2.24, 2.45) is 0 Å². The van der Waals surface area contributed by atoms with E-state index in [1.54, 1.807) is 24.0 Å². The fourth-order valence-corrected chi connectivity index (χ4v) is 2.89. The molecule has 5 heteroatoms. The average molecular weight is 216 g/mol. The molecule has 0 spiro atoms. The Balaban J connectivity index is 2.71. The molecular formula is C8H12N2OS2. The summed E-state index contributed by atoms with van der Waals surface area (Å²) in [6.45, 7) is 0. The highest BCUT2D eigenvalue weighted by Crippen LogP contribution is 2.14. The zero-order valence-electron chi connectivity index (χ0n) is 7.40. The summed E-state index contributed by atoms with van der Waals surface area (Å²) in [5.74, 6) is 1.53. The van der Waals surface area contributed by atoms with Gasteiger partial charge in [0.2, 0.25) is 0 Å². The summed E-state index contributed by atoms with van der Waals surface area (Å²) < 4.78 is 11.6. The lowest BCUT2D eigenvalue weighted by molar-refractivity contribution is 0.684. The van der Waals surface area contributed by atoms with Gasteiger partial charge >= 0.3 is 0 Å². The van der Waals surface area contributed by atoms with Gasteiger partial charge in [0.25, 0.3) is 0 Å². The third kappa shape index (κ3) is 3.00. The molecule has 0 aliphatic carbocycles. The minimum absolute atomic E-state index is 0.516. The molecule has 0 aromatic carbocycles. The molecule has 0 fully saturated rings. The lowest BCUT2D eigenvalue weighted by atomic mass is 10.4. The zero-order chi connectivity index (χ0) is 9.68. The first-order valence-electron chi connectivity index (χ1n) is 3.82. The largest absolute Gasteiger partial charge is 0.396 e. The normalized spacial score (nSPS) is 12.7. The summed E-state index contributed by atoms with van der Waals surface area (Å²) in [5.41, 5.74) is 6.15. The third-order valence-electron chi connectivity index (χ3n) is 1.53. The molecule has 0 amide bonds. The highest BCUT2D eigenvalue weighted by atomic mass is 32.2. The summed E-state index contributed by atoms with van der Waals surface area (Å²) in [5, 5.41) is 0. The Labute approximate surface area is 84.6 Å². The van der Waals surface area contributed by atoms with E-state index in [0.717, 1.165) is 5.75 Å². The van der Waals surface area contributed by atoms with Crippen molar-refractivity contribution in [3.05, 3.63) is 18.5 Å². The highest BCUT2D eigenvalue weighted by Gasteiger charge is 2.06. The Kier molecular flexibility index (Phi) is 4.24. The Hall–Kier alpha value is -0.550. The summed E-state index contributed by atoms with van der Waals surface area (Å²) >= 11 is 1.68. The molecule has 1 unspecified atom stereocenters. The molecule has 1 atom stereocenters. The summed E-state index contributed by atoms with van der Waals surface area (Å²) in [6, 6.07) is 1.71. The minimum Gasteiger partial charge on any atom is -0.396 e. The molecule has 0 bridgehead atoms. The second-order valence-electron chi connectivity index (χ2n) is 2.46. The quantitative estimate of drug-likeness (QED) is 0.820. The van der Waals surface area contributed by atoms with Crippen LogP contribution >= 0.6 is 11.8 Å². The predicted molar refractivity (Wildman–Crippen MR) is 58.3 cm³/mol. The van der Waals surface area contributed by atoms with Crippen LogP contribution in [0.5, 0.6) is 0 Å². The maximum absolute atomic E-state index is 11.6. The Morgan fingerprint density at radius 1 is 1.69 bits per heavy atom. The van der Waals surface area contributed by atoms with Gasteiger partial charge in [0.1, 0.15) is 0 Å². The predicted octanol–water partition coefficient (Wildman–Crippen LogP) is 1.13. The van der Waals surface area contributed by atoms with E-state index in [2.05, 4.69) is 4.98 Å². The lowest BCUT2D eigenvalue weighted by Gasteiger charge is -2.03. The molecule has 0 radical (unpaired) electrons. The molecule has 2 N–H and O–H groups in total. The Bertz CT molecular complexity index is 304. The van der Waals surface area contributed by atoms with E-state index in [0.29, 0.717) is 16.3 Å². The third-order valence-corrected chi connectivity index (χ3v) is 3.84. The second-order valence-corrected chi connectivity index (χ2v) is 4.98. The zero-order valence-corrected chi connectivity index (χ0v) is 9.03. The molecular weight excluding hydrogens is 204 g/mol. The second kappa shape index (κ2) is 5.24. The monoisotopic (exact) mass is 216 g/mol. The standard InChI is InChI=1S/C8H12N2OS2/c1-12-4-5-13(11)8-2-3-10-6-7(8)9/h2-3,6H,4-5,9H2,1H3. The maximum atomic E-state index is 11.6. The number of hydrogen-bond acceptors (Lipinski definition) is 4. The molecule has 13 heavy (non-hydrogen) atoms. The van der Waals surface area contributed by atoms with Crippen molar-refractivity contribution in [2.45, 2.75) is 4.90 Å². The van der Waals surface area contributed by atoms with E-state index in [4.69, 9.17) is 5.73 Å². The average Bonchev–Trinajstić information content (AvgIpc) is 2.15. The number of nitrogens with zero attached hydrogens (tertiary/aromatic N) is 1. The fourth-order valence-electron chi connectivity index (χ4n) is 0.870. The van der Waals surface area contributed by atoms with Crippen molar-refractivity contribution in [3.63, 3.8) is 0 Å². The van der Waals surface area contributed by atoms with E-state index < -0.39 is 10.8 Å². The van der Waals surface area contributed by atoms with Crippen LogP contribution in [0.15, 0.2) is 23.4 Å². The SMILES string of the molecule is CSCCS(=O)c1ccncc1N. The van der Waals surface area contributed by atoms with Crippen molar-refractivity contribution in [1.29, 1.82) is 0 Å². The first kappa shape index (κ1) is 10.5. The van der Waals surface area contributed by atoms with Gasteiger partial charge in [-0.25, -0.2) is 0 Å².